The molecular formula is C23H21F2N5O2S. The molecule has 2 aromatic carbocycles. The van der Waals surface area contributed by atoms with Crippen molar-refractivity contribution in [2.24, 2.45) is 0 Å². The Morgan fingerprint density at radius 2 is 2.06 bits per heavy atom. The van der Waals surface area contributed by atoms with Gasteiger partial charge in [0.05, 0.1) is 24.3 Å². The third-order valence-electron chi connectivity index (χ3n) is 5.50. The van der Waals surface area contributed by atoms with Crippen molar-refractivity contribution in [3.8, 4) is 11.4 Å². The molecule has 7 nitrogen and oxygen atoms in total. The standard InChI is InChI=1S/C23H21F2N5O2S/c1-13-12-26-23(33-13)29-22(31)16-3-2-4-18-19(16)28-21(27-18)15-6-5-14(11-17(15)20(24)25)30-7-9-32-10-8-30/h2-6,11-12,20H,7-10H2,1H3,(H,27,28)(H,26,29,31). The first-order valence-corrected chi connectivity index (χ1v) is 11.3. The van der Waals surface area contributed by atoms with Crippen LogP contribution in [0.1, 0.15) is 27.2 Å². The van der Waals surface area contributed by atoms with E-state index in [0.717, 1.165) is 10.6 Å². The highest BCUT2D eigenvalue weighted by Crippen LogP contribution is 2.34. The summed E-state index contributed by atoms with van der Waals surface area (Å²) in [6, 6.07) is 10.1. The number of anilines is 2. The number of alkyl halides is 2. The predicted molar refractivity (Wildman–Crippen MR) is 124 cm³/mol. The first kappa shape index (κ1) is 21.5. The van der Waals surface area contributed by atoms with Gasteiger partial charge in [-0.15, -0.1) is 11.3 Å². The monoisotopic (exact) mass is 469 g/mol. The Bertz CT molecular complexity index is 1310. The molecule has 2 aromatic heterocycles. The molecule has 10 heteroatoms. The van der Waals surface area contributed by atoms with Crippen LogP contribution in [-0.2, 0) is 4.74 Å². The summed E-state index contributed by atoms with van der Waals surface area (Å²) >= 11 is 1.37. The van der Waals surface area contributed by atoms with Gasteiger partial charge >= 0.3 is 0 Å². The Morgan fingerprint density at radius 1 is 1.24 bits per heavy atom. The van der Waals surface area contributed by atoms with Crippen LogP contribution < -0.4 is 10.2 Å². The van der Waals surface area contributed by atoms with Crippen LogP contribution in [0.5, 0.6) is 0 Å². The molecular weight excluding hydrogens is 448 g/mol. The highest BCUT2D eigenvalue weighted by Gasteiger charge is 2.22. The minimum atomic E-state index is -2.68. The van der Waals surface area contributed by atoms with Gasteiger partial charge in [0.1, 0.15) is 11.3 Å². The number of rotatable bonds is 5. The molecule has 0 atom stereocenters. The van der Waals surface area contributed by atoms with Crippen LogP contribution >= 0.6 is 11.3 Å². The number of carbonyl (C=O) groups excluding carboxylic acids is 1. The Labute approximate surface area is 192 Å². The van der Waals surface area contributed by atoms with Crippen LogP contribution in [0.15, 0.2) is 42.6 Å². The van der Waals surface area contributed by atoms with E-state index in [0.29, 0.717) is 59.4 Å². The van der Waals surface area contributed by atoms with Gasteiger partial charge in [0.2, 0.25) is 0 Å². The number of H-pyrrole nitrogens is 1. The fourth-order valence-corrected chi connectivity index (χ4v) is 4.54. The number of nitrogens with one attached hydrogen (secondary N) is 2. The second-order valence-electron chi connectivity index (χ2n) is 7.69. The van der Waals surface area contributed by atoms with E-state index in [1.54, 1.807) is 30.5 Å². The number of carbonyl (C=O) groups is 1. The van der Waals surface area contributed by atoms with Crippen molar-refractivity contribution in [3.63, 3.8) is 0 Å². The predicted octanol–water partition coefficient (Wildman–Crippen LogP) is 5.02. The summed E-state index contributed by atoms with van der Waals surface area (Å²) in [5.41, 5.74) is 2.27. The number of nitrogens with zero attached hydrogens (tertiary/aromatic N) is 3. The van der Waals surface area contributed by atoms with Crippen LogP contribution in [0.4, 0.5) is 19.6 Å². The number of thiazole rings is 1. The Hall–Kier alpha value is -3.37. The number of aromatic amines is 1. The Balaban J connectivity index is 1.51. The van der Waals surface area contributed by atoms with Crippen molar-refractivity contribution in [2.75, 3.05) is 36.5 Å². The molecule has 1 aliphatic heterocycles. The van der Waals surface area contributed by atoms with Gasteiger partial charge in [0.15, 0.2) is 5.13 Å². The molecule has 170 valence electrons. The topological polar surface area (TPSA) is 83.1 Å². The number of imidazole rings is 1. The number of aryl methyl sites for hydroxylation is 1. The number of para-hydroxylation sites is 1. The summed E-state index contributed by atoms with van der Waals surface area (Å²) in [6.07, 6.45) is -0.995. The van der Waals surface area contributed by atoms with Crippen molar-refractivity contribution in [3.05, 3.63) is 58.6 Å². The normalized spacial score (nSPS) is 14.2. The van der Waals surface area contributed by atoms with E-state index < -0.39 is 6.43 Å². The number of fused-ring (bicyclic) bond motifs is 1. The summed E-state index contributed by atoms with van der Waals surface area (Å²) in [5.74, 6) is -0.0658. The summed E-state index contributed by atoms with van der Waals surface area (Å²) in [6.45, 7) is 4.36. The Morgan fingerprint density at radius 3 is 2.79 bits per heavy atom. The number of morpholine rings is 1. The minimum Gasteiger partial charge on any atom is -0.378 e. The average molecular weight is 470 g/mol. The Kier molecular flexibility index (Phi) is 5.77. The second-order valence-corrected chi connectivity index (χ2v) is 8.92. The van der Waals surface area contributed by atoms with Gasteiger partial charge < -0.3 is 14.6 Å². The van der Waals surface area contributed by atoms with Gasteiger partial charge in [-0.25, -0.2) is 18.7 Å². The van der Waals surface area contributed by atoms with Crippen molar-refractivity contribution in [2.45, 2.75) is 13.3 Å². The van der Waals surface area contributed by atoms with Crippen molar-refractivity contribution in [1.29, 1.82) is 0 Å². The molecule has 0 aliphatic carbocycles. The maximum absolute atomic E-state index is 14.0. The zero-order valence-corrected chi connectivity index (χ0v) is 18.6. The molecule has 0 saturated carbocycles. The van der Waals surface area contributed by atoms with Gasteiger partial charge in [-0.1, -0.05) is 6.07 Å². The second kappa shape index (κ2) is 8.87. The first-order chi connectivity index (χ1) is 16.0. The maximum atomic E-state index is 14.0. The SMILES string of the molecule is Cc1cnc(NC(=O)c2cccc3[nH]c(-c4ccc(N5CCOCC5)cc4C(F)F)nc23)s1. The quantitative estimate of drug-likeness (QED) is 0.429. The molecule has 3 heterocycles. The van der Waals surface area contributed by atoms with E-state index in [1.807, 2.05) is 17.9 Å². The van der Waals surface area contributed by atoms with Gasteiger partial charge in [0, 0.05) is 41.0 Å². The smallest absolute Gasteiger partial charge is 0.264 e. The molecule has 1 fully saturated rings. The van der Waals surface area contributed by atoms with Crippen LogP contribution in [0.2, 0.25) is 0 Å². The average Bonchev–Trinajstić information content (AvgIpc) is 3.44. The fourth-order valence-electron chi connectivity index (χ4n) is 3.88. The number of benzene rings is 2. The number of amides is 1. The van der Waals surface area contributed by atoms with E-state index in [2.05, 4.69) is 20.3 Å². The molecule has 0 unspecified atom stereocenters. The molecule has 33 heavy (non-hydrogen) atoms. The number of aromatic nitrogens is 3. The van der Waals surface area contributed by atoms with Crippen LogP contribution in [0, 0.1) is 6.92 Å². The number of halogens is 2. The van der Waals surface area contributed by atoms with Crippen LogP contribution in [0.25, 0.3) is 22.4 Å². The van der Waals surface area contributed by atoms with Crippen molar-refractivity contribution in [1.82, 2.24) is 15.0 Å². The van der Waals surface area contributed by atoms with Gasteiger partial charge in [-0.3, -0.25) is 10.1 Å². The zero-order valence-electron chi connectivity index (χ0n) is 17.8. The molecule has 2 N–H and O–H groups in total. The molecule has 0 spiro atoms. The summed E-state index contributed by atoms with van der Waals surface area (Å²) in [7, 11) is 0. The van der Waals surface area contributed by atoms with Crippen LogP contribution in [-0.4, -0.2) is 47.2 Å². The lowest BCUT2D eigenvalue weighted by Crippen LogP contribution is -2.36. The number of hydrogen-bond donors (Lipinski definition) is 2. The van der Waals surface area contributed by atoms with E-state index >= 15 is 0 Å². The number of hydrogen-bond acceptors (Lipinski definition) is 6. The lowest BCUT2D eigenvalue weighted by Gasteiger charge is -2.29. The molecule has 1 saturated heterocycles. The largest absolute Gasteiger partial charge is 0.378 e. The lowest BCUT2D eigenvalue weighted by atomic mass is 10.1. The fraction of sp³-hybridized carbons (Fsp3) is 0.261. The maximum Gasteiger partial charge on any atom is 0.264 e. The summed E-state index contributed by atoms with van der Waals surface area (Å²) in [5, 5.41) is 3.26. The highest BCUT2D eigenvalue weighted by molar-refractivity contribution is 7.15. The van der Waals surface area contributed by atoms with Crippen LogP contribution in [0.3, 0.4) is 0 Å². The van der Waals surface area contributed by atoms with E-state index in [1.165, 1.54) is 17.4 Å². The van der Waals surface area contributed by atoms with Crippen molar-refractivity contribution >= 4 is 39.1 Å². The molecule has 0 radical (unpaired) electrons. The number of ether oxygens (including phenoxy) is 1. The van der Waals surface area contributed by atoms with Crippen molar-refractivity contribution < 1.29 is 18.3 Å². The molecule has 0 bridgehead atoms. The first-order valence-electron chi connectivity index (χ1n) is 10.5. The third kappa shape index (κ3) is 4.31. The van der Waals surface area contributed by atoms with E-state index in [4.69, 9.17) is 4.74 Å². The van der Waals surface area contributed by atoms with E-state index in [9.17, 15) is 13.6 Å². The van der Waals surface area contributed by atoms with E-state index in [-0.39, 0.29) is 11.5 Å². The van der Waals surface area contributed by atoms with Gasteiger partial charge in [-0.05, 0) is 37.3 Å². The lowest BCUT2D eigenvalue weighted by molar-refractivity contribution is 0.102. The molecule has 1 amide bonds. The molecule has 1 aliphatic rings. The van der Waals surface area contributed by atoms with Gasteiger partial charge in [-0.2, -0.15) is 0 Å². The molecule has 4 aromatic rings. The zero-order chi connectivity index (χ0) is 22.9. The minimum absolute atomic E-state index is 0.109. The van der Waals surface area contributed by atoms with Gasteiger partial charge in [0.25, 0.3) is 12.3 Å². The third-order valence-corrected chi connectivity index (χ3v) is 6.33. The highest BCUT2D eigenvalue weighted by atomic mass is 32.1. The summed E-state index contributed by atoms with van der Waals surface area (Å²) in [4.78, 5) is 27.6. The molecule has 5 rings (SSSR count). The summed E-state index contributed by atoms with van der Waals surface area (Å²) < 4.78 is 33.4.